The Bertz CT molecular complexity index is 487. The predicted molar refractivity (Wildman–Crippen MR) is 55.7 cm³/mol. The Kier molecular flexibility index (Phi) is 2.14. The van der Waals surface area contributed by atoms with Crippen molar-refractivity contribution in [1.82, 2.24) is 15.0 Å². The first kappa shape index (κ1) is 9.62. The first-order valence-corrected chi connectivity index (χ1v) is 4.61. The van der Waals surface area contributed by atoms with Crippen LogP contribution in [0.25, 0.3) is 11.0 Å². The minimum absolute atomic E-state index is 0.290. The number of benzene rings is 1. The summed E-state index contributed by atoms with van der Waals surface area (Å²) in [7, 11) is 0. The van der Waals surface area contributed by atoms with Crippen molar-refractivity contribution in [2.45, 2.75) is 19.0 Å². The number of nitrogens with zero attached hydrogens (tertiary/aromatic N) is 4. The Morgan fingerprint density at radius 1 is 1.40 bits per heavy atom. The van der Waals surface area contributed by atoms with Gasteiger partial charge in [0, 0.05) is 0 Å². The molecule has 0 radical (unpaired) electrons. The lowest BCUT2D eigenvalue weighted by Crippen LogP contribution is -2.39. The van der Waals surface area contributed by atoms with Crippen LogP contribution in [0.4, 0.5) is 0 Å². The van der Waals surface area contributed by atoms with E-state index in [0.717, 1.165) is 11.0 Å². The van der Waals surface area contributed by atoms with E-state index in [-0.39, 0.29) is 6.54 Å². The van der Waals surface area contributed by atoms with Crippen LogP contribution < -0.4 is 5.73 Å². The van der Waals surface area contributed by atoms with Gasteiger partial charge in [0.2, 0.25) is 0 Å². The molecule has 2 N–H and O–H groups in total. The third kappa shape index (κ3) is 1.95. The van der Waals surface area contributed by atoms with Crippen molar-refractivity contribution in [3.8, 4) is 6.07 Å². The molecule has 2 aromatic rings. The normalized spacial score (nSPS) is 14.7. The molecular formula is C10H11N5. The van der Waals surface area contributed by atoms with Gasteiger partial charge < -0.3 is 5.73 Å². The number of nitrogens with two attached hydrogens (primary N) is 1. The standard InChI is InChI=1S/C10H11N5/c1-10(12,6-11)7-15-13-8-4-2-3-5-9(8)14-15/h2-5H,7,12H2,1H3. The van der Waals surface area contributed by atoms with Crippen LogP contribution in [0.3, 0.4) is 0 Å². The first-order chi connectivity index (χ1) is 7.11. The third-order valence-corrected chi connectivity index (χ3v) is 2.05. The lowest BCUT2D eigenvalue weighted by Gasteiger charge is -2.13. The van der Waals surface area contributed by atoms with Crippen LogP contribution in [-0.4, -0.2) is 20.5 Å². The van der Waals surface area contributed by atoms with Gasteiger partial charge in [0.05, 0.1) is 12.6 Å². The fraction of sp³-hybridized carbons (Fsp3) is 0.300. The zero-order chi connectivity index (χ0) is 10.9. The molecule has 0 aliphatic carbocycles. The zero-order valence-corrected chi connectivity index (χ0v) is 8.38. The molecule has 76 valence electrons. The average molecular weight is 201 g/mol. The smallest absolute Gasteiger partial charge is 0.122 e. The molecule has 1 atom stereocenters. The molecule has 0 fully saturated rings. The molecule has 0 amide bonds. The zero-order valence-electron chi connectivity index (χ0n) is 8.38. The number of nitriles is 1. The van der Waals surface area contributed by atoms with Gasteiger partial charge in [0.25, 0.3) is 0 Å². The molecule has 0 aliphatic heterocycles. The Hall–Kier alpha value is -1.93. The van der Waals surface area contributed by atoms with Gasteiger partial charge in [-0.1, -0.05) is 12.1 Å². The summed E-state index contributed by atoms with van der Waals surface area (Å²) in [5, 5.41) is 17.2. The van der Waals surface area contributed by atoms with Gasteiger partial charge in [-0.2, -0.15) is 20.3 Å². The maximum atomic E-state index is 8.79. The second-order valence-electron chi connectivity index (χ2n) is 3.75. The van der Waals surface area contributed by atoms with Crippen molar-refractivity contribution in [3.05, 3.63) is 24.3 Å². The summed E-state index contributed by atoms with van der Waals surface area (Å²) in [6.07, 6.45) is 0. The molecule has 0 saturated heterocycles. The lowest BCUT2D eigenvalue weighted by molar-refractivity contribution is 0.423. The van der Waals surface area contributed by atoms with Gasteiger partial charge in [-0.25, -0.2) is 0 Å². The number of hydrogen-bond donors (Lipinski definition) is 1. The summed E-state index contributed by atoms with van der Waals surface area (Å²) in [6.45, 7) is 1.94. The van der Waals surface area contributed by atoms with Gasteiger partial charge in [-0.05, 0) is 19.1 Å². The van der Waals surface area contributed by atoms with E-state index in [1.807, 2.05) is 30.3 Å². The summed E-state index contributed by atoms with van der Waals surface area (Å²) < 4.78 is 0. The molecular weight excluding hydrogens is 190 g/mol. The maximum absolute atomic E-state index is 8.79. The minimum atomic E-state index is -0.935. The van der Waals surface area contributed by atoms with Gasteiger partial charge in [-0.3, -0.25) is 0 Å². The average Bonchev–Trinajstić information content (AvgIpc) is 2.58. The minimum Gasteiger partial charge on any atom is -0.312 e. The van der Waals surface area contributed by atoms with E-state index >= 15 is 0 Å². The fourth-order valence-electron chi connectivity index (χ4n) is 1.30. The number of hydrogen-bond acceptors (Lipinski definition) is 4. The number of fused-ring (bicyclic) bond motifs is 1. The van der Waals surface area contributed by atoms with Crippen molar-refractivity contribution in [1.29, 1.82) is 5.26 Å². The number of aromatic nitrogens is 3. The SMILES string of the molecule is CC(N)(C#N)Cn1nc2ccccc2n1. The highest BCUT2D eigenvalue weighted by atomic mass is 15.5. The Morgan fingerprint density at radius 3 is 2.40 bits per heavy atom. The molecule has 2 rings (SSSR count). The summed E-state index contributed by atoms with van der Waals surface area (Å²) in [5.41, 5.74) is 6.40. The van der Waals surface area contributed by atoms with Crippen LogP contribution in [0.15, 0.2) is 24.3 Å². The summed E-state index contributed by atoms with van der Waals surface area (Å²) in [5.74, 6) is 0. The Balaban J connectivity index is 2.35. The van der Waals surface area contributed by atoms with E-state index in [1.165, 1.54) is 4.80 Å². The van der Waals surface area contributed by atoms with Crippen LogP contribution in [0.5, 0.6) is 0 Å². The van der Waals surface area contributed by atoms with Gasteiger partial charge in [0.15, 0.2) is 0 Å². The van der Waals surface area contributed by atoms with Crippen LogP contribution in [0.2, 0.25) is 0 Å². The van der Waals surface area contributed by atoms with Crippen LogP contribution in [0.1, 0.15) is 6.92 Å². The van der Waals surface area contributed by atoms with Gasteiger partial charge in [-0.15, -0.1) is 0 Å². The molecule has 1 aromatic carbocycles. The highest BCUT2D eigenvalue weighted by Gasteiger charge is 2.19. The van der Waals surface area contributed by atoms with E-state index in [9.17, 15) is 0 Å². The molecule has 5 heteroatoms. The third-order valence-electron chi connectivity index (χ3n) is 2.05. The fourth-order valence-corrected chi connectivity index (χ4v) is 1.30. The topological polar surface area (TPSA) is 80.5 Å². The van der Waals surface area contributed by atoms with Crippen molar-refractivity contribution < 1.29 is 0 Å². The Labute approximate surface area is 87.1 Å². The van der Waals surface area contributed by atoms with E-state index in [0.29, 0.717) is 0 Å². The quantitative estimate of drug-likeness (QED) is 0.774. The predicted octanol–water partition coefficient (Wildman–Crippen LogP) is 0.672. The second kappa shape index (κ2) is 3.33. The summed E-state index contributed by atoms with van der Waals surface area (Å²) in [4.78, 5) is 1.47. The van der Waals surface area contributed by atoms with E-state index < -0.39 is 5.54 Å². The molecule has 0 saturated carbocycles. The van der Waals surface area contributed by atoms with Crippen LogP contribution in [-0.2, 0) is 6.54 Å². The van der Waals surface area contributed by atoms with Gasteiger partial charge in [0.1, 0.15) is 16.6 Å². The van der Waals surface area contributed by atoms with Crippen LogP contribution in [0, 0.1) is 11.3 Å². The highest BCUT2D eigenvalue weighted by molar-refractivity contribution is 5.72. The molecule has 0 spiro atoms. The first-order valence-electron chi connectivity index (χ1n) is 4.61. The highest BCUT2D eigenvalue weighted by Crippen LogP contribution is 2.08. The molecule has 1 heterocycles. The molecule has 0 aliphatic rings. The van der Waals surface area contributed by atoms with Crippen LogP contribution >= 0.6 is 0 Å². The molecule has 0 bridgehead atoms. The molecule has 1 aromatic heterocycles. The van der Waals surface area contributed by atoms with Gasteiger partial charge >= 0.3 is 0 Å². The van der Waals surface area contributed by atoms with Crippen molar-refractivity contribution in [2.24, 2.45) is 5.73 Å². The second-order valence-corrected chi connectivity index (χ2v) is 3.75. The molecule has 5 nitrogen and oxygen atoms in total. The summed E-state index contributed by atoms with van der Waals surface area (Å²) in [6, 6.07) is 9.55. The largest absolute Gasteiger partial charge is 0.312 e. The maximum Gasteiger partial charge on any atom is 0.122 e. The van der Waals surface area contributed by atoms with E-state index in [4.69, 9.17) is 11.0 Å². The lowest BCUT2D eigenvalue weighted by atomic mass is 10.1. The van der Waals surface area contributed by atoms with Crippen molar-refractivity contribution in [3.63, 3.8) is 0 Å². The van der Waals surface area contributed by atoms with Crippen molar-refractivity contribution in [2.75, 3.05) is 0 Å². The Morgan fingerprint density at radius 2 is 1.93 bits per heavy atom. The van der Waals surface area contributed by atoms with E-state index in [1.54, 1.807) is 6.92 Å². The summed E-state index contributed by atoms with van der Waals surface area (Å²) >= 11 is 0. The number of rotatable bonds is 2. The molecule has 1 unspecified atom stereocenters. The van der Waals surface area contributed by atoms with E-state index in [2.05, 4.69) is 10.2 Å². The monoisotopic (exact) mass is 201 g/mol. The molecule has 15 heavy (non-hydrogen) atoms. The van der Waals surface area contributed by atoms with Crippen molar-refractivity contribution >= 4 is 11.0 Å².